The van der Waals surface area contributed by atoms with Gasteiger partial charge in [0.05, 0.1) is 23.6 Å². The van der Waals surface area contributed by atoms with E-state index in [9.17, 15) is 13.2 Å². The van der Waals surface area contributed by atoms with Crippen molar-refractivity contribution in [2.75, 3.05) is 29.6 Å². The quantitative estimate of drug-likeness (QED) is 0.280. The molecule has 10 heteroatoms. The van der Waals surface area contributed by atoms with Crippen LogP contribution in [0.1, 0.15) is 16.8 Å². The number of hydrogen-bond donors (Lipinski definition) is 5. The molecule has 0 saturated heterocycles. The number of benzene rings is 2. The molecule has 0 radical (unpaired) electrons. The largest absolute Gasteiger partial charge is 0.491 e. The van der Waals surface area contributed by atoms with Crippen LogP contribution >= 0.6 is 0 Å². The summed E-state index contributed by atoms with van der Waals surface area (Å²) in [5.74, 6) is -0.914. The molecule has 0 atom stereocenters. The van der Waals surface area contributed by atoms with Gasteiger partial charge < -0.3 is 27.0 Å². The van der Waals surface area contributed by atoms with Crippen LogP contribution in [0.4, 0.5) is 17.1 Å². The minimum absolute atomic E-state index is 0.146. The highest BCUT2D eigenvalue weighted by atomic mass is 32.2. The van der Waals surface area contributed by atoms with Crippen LogP contribution in [0, 0.1) is 0 Å². The third-order valence-corrected chi connectivity index (χ3v) is 3.84. The number of carbonyl (C=O) groups is 1. The topological polar surface area (TPSA) is 179 Å². The summed E-state index contributed by atoms with van der Waals surface area (Å²) in [5.41, 5.74) is 17.9. The predicted octanol–water partition coefficient (Wildman–Crippen LogP) is 1.47. The zero-order chi connectivity index (χ0) is 19.7. The lowest BCUT2D eigenvalue weighted by Crippen LogP contribution is -2.09. The van der Waals surface area contributed by atoms with Crippen molar-refractivity contribution in [2.45, 2.75) is 6.42 Å². The number of nitrogen functional groups attached to an aromatic ring is 3. The fourth-order valence-corrected chi connectivity index (χ4v) is 2.27. The second-order valence-electron chi connectivity index (χ2n) is 5.18. The molecule has 2 aromatic carbocycles. The van der Waals surface area contributed by atoms with Gasteiger partial charge in [0, 0.05) is 17.4 Å². The fourth-order valence-electron chi connectivity index (χ4n) is 1.79. The molecule has 0 bridgehead atoms. The molecule has 2 aromatic rings. The molecule has 8 N–H and O–H groups in total. The van der Waals surface area contributed by atoms with Gasteiger partial charge in [0.25, 0.3) is 10.1 Å². The van der Waals surface area contributed by atoms with E-state index in [1.54, 1.807) is 36.4 Å². The predicted molar refractivity (Wildman–Crippen MR) is 99.6 cm³/mol. The van der Waals surface area contributed by atoms with Crippen molar-refractivity contribution in [3.8, 4) is 5.75 Å². The van der Waals surface area contributed by atoms with Crippen molar-refractivity contribution in [3.05, 3.63) is 48.0 Å². The molecule has 0 saturated carbocycles. The monoisotopic (exact) mass is 383 g/mol. The number of aromatic carboxylic acids is 1. The molecule has 26 heavy (non-hydrogen) atoms. The van der Waals surface area contributed by atoms with Crippen LogP contribution < -0.4 is 21.9 Å². The maximum Gasteiger partial charge on any atom is 0.337 e. The first kappa shape index (κ1) is 21.1. The molecule has 0 aromatic heterocycles. The van der Waals surface area contributed by atoms with E-state index in [4.69, 9.17) is 31.6 Å². The van der Waals surface area contributed by atoms with Gasteiger partial charge in [-0.1, -0.05) is 12.1 Å². The minimum Gasteiger partial charge on any atom is -0.491 e. The number of ether oxygens (including phenoxy) is 1. The van der Waals surface area contributed by atoms with Gasteiger partial charge in [-0.25, -0.2) is 4.79 Å². The Balaban J connectivity index is 0.000000289. The summed E-state index contributed by atoms with van der Waals surface area (Å²) in [6.45, 7) is 0.146. The summed E-state index contributed by atoms with van der Waals surface area (Å²) in [6, 6.07) is 11.2. The van der Waals surface area contributed by atoms with Crippen LogP contribution in [-0.4, -0.2) is 36.4 Å². The Morgan fingerprint density at radius 3 is 2.23 bits per heavy atom. The Morgan fingerprint density at radius 1 is 1.04 bits per heavy atom. The lowest BCUT2D eigenvalue weighted by atomic mass is 10.2. The van der Waals surface area contributed by atoms with Gasteiger partial charge in [0.2, 0.25) is 0 Å². The van der Waals surface area contributed by atoms with E-state index in [0.717, 1.165) is 0 Å². The lowest BCUT2D eigenvalue weighted by molar-refractivity contribution is 0.0698. The number of anilines is 3. The highest BCUT2D eigenvalue weighted by molar-refractivity contribution is 7.85. The standard InChI is InChI=1S/C9H14N2O4S.C7H7NO2/c10-7-2-3-8(11)9(6-7)15-4-1-5-16(12,13)14;8-6-4-2-1-3-5(6)7(9)10/h2-3,6H,1,4-5,10-11H2,(H,12,13,14);1-4H,8H2,(H,9,10). The van der Waals surface area contributed by atoms with Gasteiger partial charge in [-0.05, 0) is 30.7 Å². The molecule has 0 amide bonds. The first-order valence-electron chi connectivity index (χ1n) is 7.41. The van der Waals surface area contributed by atoms with Crippen LogP contribution in [0.15, 0.2) is 42.5 Å². The van der Waals surface area contributed by atoms with Gasteiger partial charge in [0.1, 0.15) is 5.75 Å². The van der Waals surface area contributed by atoms with Crippen molar-refractivity contribution in [3.63, 3.8) is 0 Å². The Bertz CT molecular complexity index is 855. The van der Waals surface area contributed by atoms with Crippen LogP contribution in [0.3, 0.4) is 0 Å². The lowest BCUT2D eigenvalue weighted by Gasteiger charge is -2.08. The second-order valence-corrected chi connectivity index (χ2v) is 6.75. The van der Waals surface area contributed by atoms with Gasteiger partial charge >= 0.3 is 5.97 Å². The molecule has 2 rings (SSSR count). The Hall–Kier alpha value is -2.98. The van der Waals surface area contributed by atoms with Crippen molar-refractivity contribution < 1.29 is 27.6 Å². The van der Waals surface area contributed by atoms with E-state index >= 15 is 0 Å². The number of carboxylic acids is 1. The van der Waals surface area contributed by atoms with E-state index in [2.05, 4.69) is 0 Å². The second kappa shape index (κ2) is 9.49. The van der Waals surface area contributed by atoms with Crippen LogP contribution in [-0.2, 0) is 10.1 Å². The summed E-state index contributed by atoms with van der Waals surface area (Å²) in [7, 11) is -3.93. The van der Waals surface area contributed by atoms with E-state index in [0.29, 0.717) is 22.8 Å². The highest BCUT2D eigenvalue weighted by Crippen LogP contribution is 2.23. The van der Waals surface area contributed by atoms with Gasteiger partial charge in [0.15, 0.2) is 0 Å². The first-order valence-corrected chi connectivity index (χ1v) is 9.02. The van der Waals surface area contributed by atoms with Crippen LogP contribution in [0.5, 0.6) is 5.75 Å². The molecule has 0 aliphatic rings. The summed E-state index contributed by atoms with van der Waals surface area (Å²) < 4.78 is 34.6. The summed E-state index contributed by atoms with van der Waals surface area (Å²) >= 11 is 0. The number of hydrogen-bond acceptors (Lipinski definition) is 7. The van der Waals surface area contributed by atoms with Crippen molar-refractivity contribution >= 4 is 33.1 Å². The zero-order valence-corrected chi connectivity index (χ0v) is 14.6. The van der Waals surface area contributed by atoms with Gasteiger partial charge in [-0.15, -0.1) is 0 Å². The molecule has 0 aliphatic carbocycles. The molecule has 142 valence electrons. The SMILES string of the molecule is Nc1ccc(N)c(OCCCS(=O)(=O)O)c1.Nc1ccccc1C(=O)O. The average molecular weight is 383 g/mol. The maximum atomic E-state index is 10.4. The number of rotatable bonds is 6. The molecule has 0 fully saturated rings. The van der Waals surface area contributed by atoms with E-state index in [1.807, 2.05) is 0 Å². The molecule has 0 aliphatic heterocycles. The zero-order valence-electron chi connectivity index (χ0n) is 13.8. The van der Waals surface area contributed by atoms with E-state index < -0.39 is 16.1 Å². The molecule has 0 heterocycles. The highest BCUT2D eigenvalue weighted by Gasteiger charge is 2.05. The van der Waals surface area contributed by atoms with Gasteiger partial charge in [-0.3, -0.25) is 4.55 Å². The smallest absolute Gasteiger partial charge is 0.337 e. The van der Waals surface area contributed by atoms with Crippen molar-refractivity contribution in [1.82, 2.24) is 0 Å². The Morgan fingerprint density at radius 2 is 1.69 bits per heavy atom. The van der Waals surface area contributed by atoms with Crippen LogP contribution in [0.2, 0.25) is 0 Å². The third kappa shape index (κ3) is 7.73. The summed E-state index contributed by atoms with van der Waals surface area (Å²) in [4.78, 5) is 10.3. The average Bonchev–Trinajstić information content (AvgIpc) is 2.54. The minimum atomic E-state index is -3.93. The number of nitrogens with two attached hydrogens (primary N) is 3. The van der Waals surface area contributed by atoms with Crippen molar-refractivity contribution in [2.24, 2.45) is 0 Å². The van der Waals surface area contributed by atoms with E-state index in [-0.39, 0.29) is 24.3 Å². The first-order chi connectivity index (χ1) is 12.1. The summed E-state index contributed by atoms with van der Waals surface area (Å²) in [6.07, 6.45) is 0.188. The normalized spacial score (nSPS) is 10.5. The molecule has 0 unspecified atom stereocenters. The summed E-state index contributed by atoms with van der Waals surface area (Å²) in [5, 5.41) is 8.49. The Kier molecular flexibility index (Phi) is 7.69. The van der Waals surface area contributed by atoms with Gasteiger partial charge in [-0.2, -0.15) is 8.42 Å². The molecule has 9 nitrogen and oxygen atoms in total. The fraction of sp³-hybridized carbons (Fsp3) is 0.188. The van der Waals surface area contributed by atoms with E-state index in [1.165, 1.54) is 6.07 Å². The molecular formula is C16H21N3O6S. The third-order valence-electron chi connectivity index (χ3n) is 3.03. The van der Waals surface area contributed by atoms with Crippen molar-refractivity contribution in [1.29, 1.82) is 0 Å². The Labute approximate surface area is 151 Å². The van der Waals surface area contributed by atoms with Crippen LogP contribution in [0.25, 0.3) is 0 Å². The molecule has 0 spiro atoms. The maximum absolute atomic E-state index is 10.4. The number of para-hydroxylation sites is 1. The molecular weight excluding hydrogens is 362 g/mol. The number of carboxylic acid groups (broad SMARTS) is 1.